The predicted octanol–water partition coefficient (Wildman–Crippen LogP) is 3.49. The lowest BCUT2D eigenvalue weighted by Gasteiger charge is -2.27. The van der Waals surface area contributed by atoms with Gasteiger partial charge in [-0.1, -0.05) is 18.2 Å². The maximum absolute atomic E-state index is 14.4. The van der Waals surface area contributed by atoms with E-state index in [2.05, 4.69) is 5.32 Å². The summed E-state index contributed by atoms with van der Waals surface area (Å²) in [7, 11) is 0. The zero-order valence-corrected chi connectivity index (χ0v) is 15.2. The van der Waals surface area contributed by atoms with E-state index in [1.807, 2.05) is 0 Å². The summed E-state index contributed by atoms with van der Waals surface area (Å²) in [5.41, 5.74) is 0.972. The summed E-state index contributed by atoms with van der Waals surface area (Å²) >= 11 is 0. The van der Waals surface area contributed by atoms with Gasteiger partial charge in [-0.15, -0.1) is 0 Å². The molecule has 5 nitrogen and oxygen atoms in total. The maximum atomic E-state index is 14.4. The minimum atomic E-state index is -0.987. The Bertz CT molecular complexity index is 848. The van der Waals surface area contributed by atoms with Crippen molar-refractivity contribution in [3.05, 3.63) is 59.7 Å². The second kappa shape index (κ2) is 8.93. The van der Waals surface area contributed by atoms with Crippen LogP contribution in [0.4, 0.5) is 8.78 Å². The highest BCUT2D eigenvalue weighted by molar-refractivity contribution is 5.95. The number of aliphatic carboxylic acids is 1. The lowest BCUT2D eigenvalue weighted by atomic mass is 9.86. The molecule has 0 saturated carbocycles. The Morgan fingerprint density at radius 3 is 2.32 bits per heavy atom. The number of halogens is 2. The summed E-state index contributed by atoms with van der Waals surface area (Å²) in [4.78, 5) is 23.9. The molecule has 1 aliphatic rings. The van der Waals surface area contributed by atoms with Crippen molar-refractivity contribution in [1.29, 1.82) is 0 Å². The van der Waals surface area contributed by atoms with Gasteiger partial charge in [-0.2, -0.15) is 0 Å². The van der Waals surface area contributed by atoms with E-state index in [0.717, 1.165) is 0 Å². The molecule has 0 radical (unpaired) electrons. The molecule has 1 fully saturated rings. The molecule has 2 aromatic rings. The van der Waals surface area contributed by atoms with Crippen molar-refractivity contribution in [2.24, 2.45) is 11.8 Å². The van der Waals surface area contributed by atoms with Crippen LogP contribution in [0, 0.1) is 23.5 Å². The molecule has 2 N–H and O–H groups in total. The van der Waals surface area contributed by atoms with Crippen LogP contribution >= 0.6 is 0 Å². The molecule has 0 aliphatic carbocycles. The second-order valence-corrected chi connectivity index (χ2v) is 6.81. The fourth-order valence-electron chi connectivity index (χ4n) is 3.39. The first kappa shape index (κ1) is 19.9. The van der Waals surface area contributed by atoms with Gasteiger partial charge in [0.1, 0.15) is 11.6 Å². The van der Waals surface area contributed by atoms with Crippen molar-refractivity contribution >= 4 is 11.9 Å². The van der Waals surface area contributed by atoms with Gasteiger partial charge in [0.15, 0.2) is 0 Å². The summed E-state index contributed by atoms with van der Waals surface area (Å²) in [6.07, 6.45) is 1.24. The molecule has 7 heteroatoms. The number of carboxylic acids is 1. The SMILES string of the molecule is O=C(NCC(C(=O)O)C1CCOCC1)c1ccc(-c2ccc(F)cc2)cc1F. The molecule has 28 heavy (non-hydrogen) atoms. The molecular weight excluding hydrogens is 368 g/mol. The summed E-state index contributed by atoms with van der Waals surface area (Å²) in [5.74, 6) is -3.59. The molecule has 3 rings (SSSR count). The Morgan fingerprint density at radius 2 is 1.71 bits per heavy atom. The van der Waals surface area contributed by atoms with Gasteiger partial charge in [0.2, 0.25) is 0 Å². The highest BCUT2D eigenvalue weighted by Crippen LogP contribution is 2.25. The van der Waals surface area contributed by atoms with E-state index in [4.69, 9.17) is 4.74 Å². The Labute approximate surface area is 161 Å². The summed E-state index contributed by atoms with van der Waals surface area (Å²) in [5, 5.41) is 12.0. The van der Waals surface area contributed by atoms with Gasteiger partial charge in [0.05, 0.1) is 11.5 Å². The third kappa shape index (κ3) is 4.72. The number of hydrogen-bond donors (Lipinski definition) is 2. The van der Waals surface area contributed by atoms with E-state index >= 15 is 0 Å². The van der Waals surface area contributed by atoms with Gasteiger partial charge in [0.25, 0.3) is 5.91 Å². The molecule has 2 aromatic carbocycles. The van der Waals surface area contributed by atoms with Gasteiger partial charge >= 0.3 is 5.97 Å². The monoisotopic (exact) mass is 389 g/mol. The predicted molar refractivity (Wildman–Crippen MR) is 98.8 cm³/mol. The first-order valence-corrected chi connectivity index (χ1v) is 9.10. The average molecular weight is 389 g/mol. The summed E-state index contributed by atoms with van der Waals surface area (Å²) in [6, 6.07) is 9.71. The number of carbonyl (C=O) groups is 2. The molecule has 148 valence electrons. The fourth-order valence-corrected chi connectivity index (χ4v) is 3.39. The number of ether oxygens (including phenoxy) is 1. The minimum absolute atomic E-state index is 0.0714. The quantitative estimate of drug-likeness (QED) is 0.793. The number of hydrogen-bond acceptors (Lipinski definition) is 3. The van der Waals surface area contributed by atoms with Gasteiger partial charge in [-0.25, -0.2) is 8.78 Å². The van der Waals surface area contributed by atoms with Crippen molar-refractivity contribution in [2.45, 2.75) is 12.8 Å². The standard InChI is InChI=1S/C21H21F2NO4/c22-16-4-1-13(2-5-16)15-3-6-17(19(23)11-15)20(25)24-12-18(21(26)27)14-7-9-28-10-8-14/h1-6,11,14,18H,7-10,12H2,(H,24,25)(H,26,27). The average Bonchev–Trinajstić information content (AvgIpc) is 2.69. The first-order valence-electron chi connectivity index (χ1n) is 9.10. The molecule has 0 bridgehead atoms. The van der Waals surface area contributed by atoms with Crippen LogP contribution in [0.15, 0.2) is 42.5 Å². The van der Waals surface area contributed by atoms with Crippen LogP contribution in [0.5, 0.6) is 0 Å². The first-order chi connectivity index (χ1) is 13.5. The lowest BCUT2D eigenvalue weighted by molar-refractivity contribution is -0.144. The second-order valence-electron chi connectivity index (χ2n) is 6.81. The Morgan fingerprint density at radius 1 is 1.07 bits per heavy atom. The van der Waals surface area contributed by atoms with Crippen molar-refractivity contribution in [2.75, 3.05) is 19.8 Å². The zero-order valence-electron chi connectivity index (χ0n) is 15.2. The summed E-state index contributed by atoms with van der Waals surface area (Å²) < 4.78 is 32.7. The number of carboxylic acid groups (broad SMARTS) is 1. The van der Waals surface area contributed by atoms with Gasteiger partial charge < -0.3 is 15.2 Å². The number of benzene rings is 2. The topological polar surface area (TPSA) is 75.6 Å². The molecule has 0 aromatic heterocycles. The van der Waals surface area contributed by atoms with E-state index in [-0.39, 0.29) is 18.0 Å². The van der Waals surface area contributed by atoms with Crippen LogP contribution in [-0.2, 0) is 9.53 Å². The maximum Gasteiger partial charge on any atom is 0.308 e. The Hall–Kier alpha value is -2.80. The Kier molecular flexibility index (Phi) is 6.36. The third-order valence-electron chi connectivity index (χ3n) is 5.03. The van der Waals surface area contributed by atoms with E-state index in [0.29, 0.717) is 37.2 Å². The van der Waals surface area contributed by atoms with Gasteiger partial charge in [-0.3, -0.25) is 9.59 Å². The van der Waals surface area contributed by atoms with E-state index in [9.17, 15) is 23.5 Å². The number of rotatable bonds is 6. The molecule has 1 unspecified atom stereocenters. The highest BCUT2D eigenvalue weighted by Gasteiger charge is 2.30. The van der Waals surface area contributed by atoms with Crippen LogP contribution in [0.3, 0.4) is 0 Å². The molecule has 1 saturated heterocycles. The van der Waals surface area contributed by atoms with E-state index in [1.165, 1.54) is 36.4 Å². The molecule has 0 spiro atoms. The van der Waals surface area contributed by atoms with Crippen LogP contribution in [0.25, 0.3) is 11.1 Å². The van der Waals surface area contributed by atoms with Crippen molar-refractivity contribution < 1.29 is 28.2 Å². The van der Waals surface area contributed by atoms with Gasteiger partial charge in [-0.05, 0) is 54.2 Å². The zero-order chi connectivity index (χ0) is 20.1. The Balaban J connectivity index is 1.68. The molecule has 1 heterocycles. The number of nitrogens with one attached hydrogen (secondary N) is 1. The van der Waals surface area contributed by atoms with Crippen LogP contribution in [-0.4, -0.2) is 36.7 Å². The minimum Gasteiger partial charge on any atom is -0.481 e. The smallest absolute Gasteiger partial charge is 0.308 e. The van der Waals surface area contributed by atoms with Crippen LogP contribution < -0.4 is 5.32 Å². The van der Waals surface area contributed by atoms with Gasteiger partial charge in [0, 0.05) is 19.8 Å². The van der Waals surface area contributed by atoms with Crippen molar-refractivity contribution in [1.82, 2.24) is 5.32 Å². The van der Waals surface area contributed by atoms with Crippen LogP contribution in [0.1, 0.15) is 23.2 Å². The third-order valence-corrected chi connectivity index (χ3v) is 5.03. The lowest BCUT2D eigenvalue weighted by Crippen LogP contribution is -2.39. The number of carbonyl (C=O) groups excluding carboxylic acids is 1. The highest BCUT2D eigenvalue weighted by atomic mass is 19.1. The fraction of sp³-hybridized carbons (Fsp3) is 0.333. The van der Waals surface area contributed by atoms with E-state index < -0.39 is 29.4 Å². The molecule has 1 aliphatic heterocycles. The molecule has 1 amide bonds. The van der Waals surface area contributed by atoms with Crippen molar-refractivity contribution in [3.63, 3.8) is 0 Å². The van der Waals surface area contributed by atoms with Crippen molar-refractivity contribution in [3.8, 4) is 11.1 Å². The van der Waals surface area contributed by atoms with E-state index in [1.54, 1.807) is 6.07 Å². The summed E-state index contributed by atoms with van der Waals surface area (Å²) in [6.45, 7) is 0.932. The largest absolute Gasteiger partial charge is 0.481 e. The molecular formula is C21H21F2NO4. The van der Waals surface area contributed by atoms with Crippen LogP contribution in [0.2, 0.25) is 0 Å². The normalized spacial score (nSPS) is 15.8. The molecule has 1 atom stereocenters. The number of amides is 1.